The molecule has 3 heteroatoms. The van der Waals surface area contributed by atoms with Crippen LogP contribution in [0.5, 0.6) is 0 Å². The summed E-state index contributed by atoms with van der Waals surface area (Å²) in [6.45, 7) is 6.57. The molecule has 0 aromatic heterocycles. The maximum atomic E-state index is 5.93. The molecule has 0 aromatic carbocycles. The van der Waals surface area contributed by atoms with Crippen LogP contribution in [0.2, 0.25) is 0 Å². The van der Waals surface area contributed by atoms with Gasteiger partial charge in [0, 0.05) is 6.54 Å². The number of ether oxygens (including phenoxy) is 1. The summed E-state index contributed by atoms with van der Waals surface area (Å²) in [7, 11) is 0. The summed E-state index contributed by atoms with van der Waals surface area (Å²) in [4.78, 5) is 0. The Morgan fingerprint density at radius 3 is 2.62 bits per heavy atom. The second kappa shape index (κ2) is 7.88. The highest BCUT2D eigenvalue weighted by Crippen LogP contribution is 2.28. The van der Waals surface area contributed by atoms with Gasteiger partial charge >= 0.3 is 0 Å². The van der Waals surface area contributed by atoms with Gasteiger partial charge in [0.2, 0.25) is 0 Å². The highest BCUT2D eigenvalue weighted by Gasteiger charge is 2.30. The summed E-state index contributed by atoms with van der Waals surface area (Å²) < 4.78 is 7.23. The zero-order valence-corrected chi connectivity index (χ0v) is 12.9. The Morgan fingerprint density at radius 1 is 1.25 bits per heavy atom. The molecule has 0 aromatic rings. The van der Waals surface area contributed by atoms with E-state index in [1.54, 1.807) is 0 Å². The van der Waals surface area contributed by atoms with Gasteiger partial charge < -0.3 is 10.1 Å². The Hall–Kier alpha value is 0.650. The van der Waals surface area contributed by atoms with Gasteiger partial charge in [0.25, 0.3) is 0 Å². The van der Waals surface area contributed by atoms with Crippen molar-refractivity contribution in [3.63, 3.8) is 0 Å². The van der Waals surface area contributed by atoms with Crippen molar-refractivity contribution in [1.82, 2.24) is 5.32 Å². The van der Waals surface area contributed by atoms with Crippen LogP contribution >= 0.6 is 22.6 Å². The largest absolute Gasteiger partial charge is 0.371 e. The molecule has 0 amide bonds. The fourth-order valence-corrected chi connectivity index (χ4v) is 2.72. The molecule has 1 N–H and O–H groups in total. The van der Waals surface area contributed by atoms with Crippen LogP contribution in [0.3, 0.4) is 0 Å². The molecular formula is C13H26INO. The Kier molecular flexibility index (Phi) is 7.24. The van der Waals surface area contributed by atoms with Crippen LogP contribution in [0.1, 0.15) is 52.4 Å². The first-order chi connectivity index (χ1) is 7.64. The van der Waals surface area contributed by atoms with Gasteiger partial charge in [0.05, 0.1) is 11.7 Å². The molecule has 1 atom stereocenters. The predicted octanol–water partition coefficient (Wildman–Crippen LogP) is 3.53. The van der Waals surface area contributed by atoms with Crippen LogP contribution in [0.15, 0.2) is 0 Å². The van der Waals surface area contributed by atoms with E-state index in [0.29, 0.717) is 6.10 Å². The Balaban J connectivity index is 1.88. The zero-order chi connectivity index (χ0) is 11.9. The molecule has 1 saturated heterocycles. The minimum Gasteiger partial charge on any atom is -0.371 e. The summed E-state index contributed by atoms with van der Waals surface area (Å²) in [6.07, 6.45) is 8.31. The highest BCUT2D eigenvalue weighted by atomic mass is 127. The van der Waals surface area contributed by atoms with E-state index < -0.39 is 0 Å². The molecule has 0 aliphatic carbocycles. The van der Waals surface area contributed by atoms with E-state index in [-0.39, 0.29) is 5.60 Å². The van der Waals surface area contributed by atoms with Crippen LogP contribution in [0.4, 0.5) is 0 Å². The molecule has 1 aliphatic rings. The van der Waals surface area contributed by atoms with Gasteiger partial charge in [-0.15, -0.1) is 0 Å². The summed E-state index contributed by atoms with van der Waals surface area (Å²) >= 11 is 2.45. The molecular weight excluding hydrogens is 313 g/mol. The lowest BCUT2D eigenvalue weighted by Crippen LogP contribution is -2.29. The van der Waals surface area contributed by atoms with E-state index in [0.717, 1.165) is 13.1 Å². The summed E-state index contributed by atoms with van der Waals surface area (Å²) in [5.41, 5.74) is 0.118. The molecule has 16 heavy (non-hydrogen) atoms. The smallest absolute Gasteiger partial charge is 0.0707 e. The number of hydrogen-bond acceptors (Lipinski definition) is 2. The first kappa shape index (κ1) is 14.7. The van der Waals surface area contributed by atoms with Crippen molar-refractivity contribution in [2.45, 2.75) is 64.1 Å². The van der Waals surface area contributed by atoms with Crippen molar-refractivity contribution in [2.75, 3.05) is 17.5 Å². The van der Waals surface area contributed by atoms with Crippen LogP contribution in [-0.2, 0) is 4.74 Å². The molecule has 1 heterocycles. The summed E-state index contributed by atoms with van der Waals surface area (Å²) in [5, 5.41) is 3.52. The van der Waals surface area contributed by atoms with Crippen LogP contribution in [0, 0.1) is 0 Å². The Bertz CT molecular complexity index is 185. The quantitative estimate of drug-likeness (QED) is 0.415. The Morgan fingerprint density at radius 2 is 2.00 bits per heavy atom. The minimum absolute atomic E-state index is 0.118. The van der Waals surface area contributed by atoms with E-state index in [2.05, 4.69) is 41.8 Å². The molecule has 1 fully saturated rings. The molecule has 0 saturated carbocycles. The van der Waals surface area contributed by atoms with Gasteiger partial charge in [-0.25, -0.2) is 0 Å². The standard InChI is InChI=1S/C13H26INO/c1-13(2)8-7-12(16-13)11-15-10-6-4-3-5-9-14/h12,15H,3-11H2,1-2H3. The number of rotatable bonds is 8. The highest BCUT2D eigenvalue weighted by molar-refractivity contribution is 14.1. The van der Waals surface area contributed by atoms with Gasteiger partial charge in [-0.2, -0.15) is 0 Å². The van der Waals surface area contributed by atoms with E-state index in [9.17, 15) is 0 Å². The molecule has 0 bridgehead atoms. The first-order valence-electron chi connectivity index (χ1n) is 6.58. The first-order valence-corrected chi connectivity index (χ1v) is 8.11. The summed E-state index contributed by atoms with van der Waals surface area (Å²) in [5.74, 6) is 0. The monoisotopic (exact) mass is 339 g/mol. The third kappa shape index (κ3) is 6.40. The predicted molar refractivity (Wildman–Crippen MR) is 78.4 cm³/mol. The maximum Gasteiger partial charge on any atom is 0.0707 e. The van der Waals surface area contributed by atoms with Crippen LogP contribution < -0.4 is 5.32 Å². The van der Waals surface area contributed by atoms with Gasteiger partial charge in [0.15, 0.2) is 0 Å². The third-order valence-electron chi connectivity index (χ3n) is 3.16. The molecule has 1 aliphatic heterocycles. The normalized spacial score (nSPS) is 23.8. The summed E-state index contributed by atoms with van der Waals surface area (Å²) in [6, 6.07) is 0. The van der Waals surface area contributed by atoms with E-state index in [4.69, 9.17) is 4.74 Å². The second-order valence-corrected chi connectivity index (χ2v) is 6.42. The van der Waals surface area contributed by atoms with Crippen molar-refractivity contribution in [1.29, 1.82) is 0 Å². The molecule has 96 valence electrons. The lowest BCUT2D eigenvalue weighted by atomic mass is 10.1. The van der Waals surface area contributed by atoms with E-state index in [1.807, 2.05) is 0 Å². The molecule has 2 nitrogen and oxygen atoms in total. The average molecular weight is 339 g/mol. The van der Waals surface area contributed by atoms with Crippen molar-refractivity contribution in [3.05, 3.63) is 0 Å². The number of nitrogens with one attached hydrogen (secondary N) is 1. The molecule has 0 spiro atoms. The lowest BCUT2D eigenvalue weighted by Gasteiger charge is -2.19. The Labute approximate surface area is 114 Å². The van der Waals surface area contributed by atoms with Crippen molar-refractivity contribution < 1.29 is 4.74 Å². The topological polar surface area (TPSA) is 21.3 Å². The number of hydrogen-bond donors (Lipinski definition) is 1. The van der Waals surface area contributed by atoms with Gasteiger partial charge in [-0.05, 0) is 50.5 Å². The van der Waals surface area contributed by atoms with Crippen molar-refractivity contribution in [2.24, 2.45) is 0 Å². The minimum atomic E-state index is 0.118. The average Bonchev–Trinajstić information content (AvgIpc) is 2.57. The van der Waals surface area contributed by atoms with Gasteiger partial charge in [-0.1, -0.05) is 35.4 Å². The fourth-order valence-electron chi connectivity index (χ4n) is 2.18. The van der Waals surface area contributed by atoms with Crippen LogP contribution in [-0.4, -0.2) is 29.2 Å². The third-order valence-corrected chi connectivity index (χ3v) is 3.93. The molecule has 1 unspecified atom stereocenters. The molecule has 1 rings (SSSR count). The molecule has 0 radical (unpaired) electrons. The fraction of sp³-hybridized carbons (Fsp3) is 1.00. The SMILES string of the molecule is CC1(C)CCC(CNCCCCCCI)O1. The lowest BCUT2D eigenvalue weighted by molar-refractivity contribution is -0.0141. The zero-order valence-electron chi connectivity index (χ0n) is 10.7. The second-order valence-electron chi connectivity index (χ2n) is 5.35. The van der Waals surface area contributed by atoms with E-state index >= 15 is 0 Å². The number of alkyl halides is 1. The number of halogens is 1. The number of unbranched alkanes of at least 4 members (excludes halogenated alkanes) is 3. The van der Waals surface area contributed by atoms with Gasteiger partial charge in [-0.3, -0.25) is 0 Å². The van der Waals surface area contributed by atoms with Crippen molar-refractivity contribution in [3.8, 4) is 0 Å². The van der Waals surface area contributed by atoms with Crippen molar-refractivity contribution >= 4 is 22.6 Å². The van der Waals surface area contributed by atoms with E-state index in [1.165, 1.54) is 43.0 Å². The maximum absolute atomic E-state index is 5.93. The van der Waals surface area contributed by atoms with Gasteiger partial charge in [0.1, 0.15) is 0 Å². The van der Waals surface area contributed by atoms with Crippen LogP contribution in [0.25, 0.3) is 0 Å².